The van der Waals surface area contributed by atoms with Crippen LogP contribution in [0.25, 0.3) is 0 Å². The summed E-state index contributed by atoms with van der Waals surface area (Å²) in [6, 6.07) is 0. The maximum Gasteiger partial charge on any atom is 0.114 e. The van der Waals surface area contributed by atoms with Crippen LogP contribution in [0, 0.1) is 0 Å². The van der Waals surface area contributed by atoms with Gasteiger partial charge in [0.25, 0.3) is 0 Å². The highest BCUT2D eigenvalue weighted by molar-refractivity contribution is 5.03. The van der Waals surface area contributed by atoms with Crippen LogP contribution in [0.3, 0.4) is 0 Å². The van der Waals surface area contributed by atoms with E-state index >= 15 is 0 Å². The van der Waals surface area contributed by atoms with Gasteiger partial charge in [0, 0.05) is 0 Å². The number of rotatable bonds is 3. The van der Waals surface area contributed by atoms with Crippen molar-refractivity contribution in [3.8, 4) is 0 Å². The van der Waals surface area contributed by atoms with Crippen LogP contribution >= 0.6 is 0 Å². The van der Waals surface area contributed by atoms with Crippen molar-refractivity contribution in [1.82, 2.24) is 15.0 Å². The molecule has 5 nitrogen and oxygen atoms in total. The summed E-state index contributed by atoms with van der Waals surface area (Å²) in [7, 11) is 0. The maximum atomic E-state index is 9.88. The van der Waals surface area contributed by atoms with Crippen LogP contribution in [0.15, 0.2) is 6.20 Å². The van der Waals surface area contributed by atoms with Gasteiger partial charge in [-0.1, -0.05) is 18.1 Å². The van der Waals surface area contributed by atoms with E-state index in [0.29, 0.717) is 5.69 Å². The summed E-state index contributed by atoms with van der Waals surface area (Å²) >= 11 is 0. The van der Waals surface area contributed by atoms with Crippen molar-refractivity contribution in [3.05, 3.63) is 11.9 Å². The number of ether oxygens (including phenoxy) is 1. The van der Waals surface area contributed by atoms with Crippen molar-refractivity contribution in [2.24, 2.45) is 0 Å². The van der Waals surface area contributed by atoms with Gasteiger partial charge in [-0.15, -0.1) is 5.10 Å². The molecule has 1 aliphatic heterocycles. The molecule has 1 unspecified atom stereocenters. The van der Waals surface area contributed by atoms with Gasteiger partial charge in [0.2, 0.25) is 0 Å². The first-order chi connectivity index (χ1) is 8.97. The molecule has 5 heteroatoms. The van der Waals surface area contributed by atoms with E-state index in [9.17, 15) is 5.11 Å². The average molecular weight is 265 g/mol. The summed E-state index contributed by atoms with van der Waals surface area (Å²) in [5.41, 5.74) is -0.146. The minimum absolute atomic E-state index is 0.171. The quantitative estimate of drug-likeness (QED) is 0.908. The van der Waals surface area contributed by atoms with E-state index in [1.54, 1.807) is 18.5 Å². The Hall–Kier alpha value is -0.940. The lowest BCUT2D eigenvalue weighted by Gasteiger charge is -2.23. The minimum Gasteiger partial charge on any atom is -0.384 e. The van der Waals surface area contributed by atoms with Gasteiger partial charge in [-0.2, -0.15) is 0 Å². The zero-order valence-electron chi connectivity index (χ0n) is 11.8. The molecule has 1 aromatic rings. The lowest BCUT2D eigenvalue weighted by atomic mass is 9.98. The molecule has 0 radical (unpaired) electrons. The molecule has 1 saturated heterocycles. The Labute approximate surface area is 114 Å². The Morgan fingerprint density at radius 2 is 2.16 bits per heavy atom. The first-order valence-electron chi connectivity index (χ1n) is 7.28. The molecule has 1 atom stereocenters. The van der Waals surface area contributed by atoms with Crippen LogP contribution in [0.1, 0.15) is 58.1 Å². The molecule has 1 spiro atoms. The summed E-state index contributed by atoms with van der Waals surface area (Å²) in [6.45, 7) is 4.19. The Morgan fingerprint density at radius 1 is 1.42 bits per heavy atom. The number of nitrogens with zero attached hydrogens (tertiary/aromatic N) is 3. The van der Waals surface area contributed by atoms with Gasteiger partial charge in [-0.3, -0.25) is 0 Å². The van der Waals surface area contributed by atoms with E-state index in [1.807, 2.05) is 6.20 Å². The van der Waals surface area contributed by atoms with Crippen molar-refractivity contribution >= 4 is 0 Å². The molecule has 0 aromatic carbocycles. The van der Waals surface area contributed by atoms with Crippen LogP contribution < -0.4 is 0 Å². The molecule has 19 heavy (non-hydrogen) atoms. The zero-order chi connectivity index (χ0) is 13.5. The molecule has 1 aliphatic carbocycles. The summed E-state index contributed by atoms with van der Waals surface area (Å²) in [4.78, 5) is 0. The van der Waals surface area contributed by atoms with E-state index < -0.39 is 5.60 Å². The van der Waals surface area contributed by atoms with Gasteiger partial charge in [-0.05, 0) is 39.5 Å². The second-order valence-electron chi connectivity index (χ2n) is 6.55. The van der Waals surface area contributed by atoms with E-state index in [-0.39, 0.29) is 11.7 Å². The number of hydrogen-bond acceptors (Lipinski definition) is 4. The van der Waals surface area contributed by atoms with Crippen LogP contribution in [0.2, 0.25) is 0 Å². The molecule has 1 N–H and O–H groups in total. The highest BCUT2D eigenvalue weighted by Crippen LogP contribution is 2.43. The molecule has 1 aromatic heterocycles. The second kappa shape index (κ2) is 4.56. The van der Waals surface area contributed by atoms with Crippen molar-refractivity contribution in [2.45, 2.75) is 76.2 Å². The van der Waals surface area contributed by atoms with Crippen molar-refractivity contribution < 1.29 is 9.84 Å². The molecule has 2 heterocycles. The molecule has 0 amide bonds. The van der Waals surface area contributed by atoms with Gasteiger partial charge in [0.15, 0.2) is 0 Å². The van der Waals surface area contributed by atoms with Gasteiger partial charge in [0.05, 0.1) is 24.4 Å². The predicted octanol–water partition coefficient (Wildman–Crippen LogP) is 2.00. The monoisotopic (exact) mass is 265 g/mol. The number of hydrogen-bond donors (Lipinski definition) is 1. The van der Waals surface area contributed by atoms with Crippen LogP contribution in [0.4, 0.5) is 0 Å². The normalized spacial score (nSPS) is 26.4. The molecule has 1 saturated carbocycles. The number of aromatic nitrogens is 3. The summed E-state index contributed by atoms with van der Waals surface area (Å²) in [5.74, 6) is 0. The zero-order valence-corrected chi connectivity index (χ0v) is 11.8. The smallest absolute Gasteiger partial charge is 0.114 e. The van der Waals surface area contributed by atoms with Gasteiger partial charge in [-0.25, -0.2) is 4.68 Å². The summed E-state index contributed by atoms with van der Waals surface area (Å²) in [5, 5.41) is 18.0. The summed E-state index contributed by atoms with van der Waals surface area (Å²) < 4.78 is 8.06. The second-order valence-corrected chi connectivity index (χ2v) is 6.55. The van der Waals surface area contributed by atoms with Crippen molar-refractivity contribution in [1.29, 1.82) is 0 Å². The first kappa shape index (κ1) is 13.1. The SMILES string of the molecule is CC(C)(O)c1cn(CC2CCC3(CCCC3)O2)nn1. The third kappa shape index (κ3) is 2.67. The van der Waals surface area contributed by atoms with E-state index in [2.05, 4.69) is 10.3 Å². The number of aliphatic hydroxyl groups is 1. The molecule has 2 aliphatic rings. The standard InChI is InChI=1S/C14H23N3O2/c1-13(2,18)12-10-17(16-15-12)9-11-5-8-14(19-11)6-3-4-7-14/h10-11,18H,3-9H2,1-2H3. The Balaban J connectivity index is 1.62. The molecule has 106 valence electrons. The van der Waals surface area contributed by atoms with Crippen molar-refractivity contribution in [3.63, 3.8) is 0 Å². The first-order valence-corrected chi connectivity index (χ1v) is 7.28. The average Bonchev–Trinajstić information content (AvgIpc) is 3.01. The van der Waals surface area contributed by atoms with Crippen molar-refractivity contribution in [2.75, 3.05) is 0 Å². The lowest BCUT2D eigenvalue weighted by Crippen LogP contribution is -2.26. The Bertz CT molecular complexity index is 444. The van der Waals surface area contributed by atoms with Gasteiger partial charge >= 0.3 is 0 Å². The topological polar surface area (TPSA) is 60.2 Å². The minimum atomic E-state index is -0.929. The van der Waals surface area contributed by atoms with E-state index in [1.165, 1.54) is 32.1 Å². The molecular weight excluding hydrogens is 242 g/mol. The fourth-order valence-corrected chi connectivity index (χ4v) is 3.29. The van der Waals surface area contributed by atoms with Crippen LogP contribution in [-0.2, 0) is 16.9 Å². The largest absolute Gasteiger partial charge is 0.384 e. The highest BCUT2D eigenvalue weighted by Gasteiger charge is 2.42. The van der Waals surface area contributed by atoms with Gasteiger partial charge in [0.1, 0.15) is 11.3 Å². The molecule has 0 bridgehead atoms. The third-order valence-electron chi connectivity index (χ3n) is 4.41. The summed E-state index contributed by atoms with van der Waals surface area (Å²) in [6.07, 6.45) is 9.41. The van der Waals surface area contributed by atoms with Gasteiger partial charge < -0.3 is 9.84 Å². The molecule has 2 fully saturated rings. The predicted molar refractivity (Wildman–Crippen MR) is 70.6 cm³/mol. The molecular formula is C14H23N3O2. The highest BCUT2D eigenvalue weighted by atomic mass is 16.5. The van der Waals surface area contributed by atoms with Crippen LogP contribution in [-0.4, -0.2) is 31.8 Å². The fraction of sp³-hybridized carbons (Fsp3) is 0.857. The lowest BCUT2D eigenvalue weighted by molar-refractivity contribution is -0.0430. The fourth-order valence-electron chi connectivity index (χ4n) is 3.29. The maximum absolute atomic E-state index is 9.88. The molecule has 3 rings (SSSR count). The third-order valence-corrected chi connectivity index (χ3v) is 4.41. The Kier molecular flexibility index (Phi) is 3.14. The van der Waals surface area contributed by atoms with Crippen LogP contribution in [0.5, 0.6) is 0 Å². The Morgan fingerprint density at radius 3 is 2.79 bits per heavy atom. The van der Waals surface area contributed by atoms with E-state index in [4.69, 9.17) is 4.74 Å². The van der Waals surface area contributed by atoms with E-state index in [0.717, 1.165) is 13.0 Å².